The second-order valence-corrected chi connectivity index (χ2v) is 15.5. The number of allylic oxidation sites excluding steroid dienone is 15. The van der Waals surface area contributed by atoms with Crippen LogP contribution >= 0.6 is 0 Å². The van der Waals surface area contributed by atoms with Crippen LogP contribution in [0.5, 0.6) is 0 Å². The molecule has 9 rings (SSSR count). The normalized spacial score (nSPS) is 22.4. The van der Waals surface area contributed by atoms with Gasteiger partial charge in [0.05, 0.1) is 6.04 Å². The Bertz CT molecular complexity index is 2010. The number of rotatable bonds is 8. The Balaban J connectivity index is 0.945. The molecule has 2 aromatic carbocycles. The van der Waals surface area contributed by atoms with E-state index in [1.54, 1.807) is 22.5 Å². The Hall–Kier alpha value is -4.56. The van der Waals surface area contributed by atoms with Gasteiger partial charge < -0.3 is 9.47 Å². The molecule has 0 bridgehead atoms. The summed E-state index contributed by atoms with van der Waals surface area (Å²) in [6.45, 7) is 0. The molecule has 2 nitrogen and oxygen atoms in total. The molecule has 2 heteroatoms. The monoisotopic (exact) mass is 668 g/mol. The fraction of sp³-hybridized carbons (Fsp3) is 0.347. The number of fused-ring (bicyclic) bond motifs is 3. The predicted octanol–water partition coefficient (Wildman–Crippen LogP) is 12.8. The van der Waals surface area contributed by atoms with Gasteiger partial charge in [0, 0.05) is 28.5 Å². The molecule has 6 aliphatic rings. The van der Waals surface area contributed by atoms with Crippen LogP contribution in [0.25, 0.3) is 11.6 Å². The van der Waals surface area contributed by atoms with Crippen molar-refractivity contribution in [1.82, 2.24) is 4.57 Å². The topological polar surface area (TPSA) is 8.17 Å². The summed E-state index contributed by atoms with van der Waals surface area (Å²) in [5.41, 5.74) is 17.5. The Labute approximate surface area is 305 Å². The van der Waals surface area contributed by atoms with Crippen LogP contribution in [-0.4, -0.2) is 4.57 Å². The predicted molar refractivity (Wildman–Crippen MR) is 216 cm³/mol. The van der Waals surface area contributed by atoms with Crippen molar-refractivity contribution < 1.29 is 0 Å². The van der Waals surface area contributed by atoms with Gasteiger partial charge in [-0.3, -0.25) is 0 Å². The lowest BCUT2D eigenvalue weighted by Crippen LogP contribution is -2.20. The quantitative estimate of drug-likeness (QED) is 0.217. The van der Waals surface area contributed by atoms with E-state index in [1.807, 2.05) is 0 Å². The highest BCUT2D eigenvalue weighted by atomic mass is 15.1. The number of anilines is 2. The van der Waals surface area contributed by atoms with Crippen molar-refractivity contribution in [2.24, 2.45) is 5.92 Å². The molecule has 258 valence electrons. The third-order valence-electron chi connectivity index (χ3n) is 12.2. The first-order valence-corrected chi connectivity index (χ1v) is 20.0. The molecule has 0 saturated heterocycles. The van der Waals surface area contributed by atoms with Crippen molar-refractivity contribution in [1.29, 1.82) is 0 Å². The lowest BCUT2D eigenvalue weighted by atomic mass is 9.87. The maximum atomic E-state index is 2.79. The van der Waals surface area contributed by atoms with Gasteiger partial charge in [-0.15, -0.1) is 0 Å². The number of hydrogen-bond donors (Lipinski definition) is 0. The van der Waals surface area contributed by atoms with Gasteiger partial charge in [-0.2, -0.15) is 0 Å². The maximum Gasteiger partial charge on any atom is 0.0516 e. The van der Waals surface area contributed by atoms with Crippen LogP contribution in [0.4, 0.5) is 11.4 Å². The van der Waals surface area contributed by atoms with E-state index in [1.165, 1.54) is 96.3 Å². The van der Waals surface area contributed by atoms with Gasteiger partial charge in [-0.25, -0.2) is 0 Å². The Kier molecular flexibility index (Phi) is 9.25. The van der Waals surface area contributed by atoms with Gasteiger partial charge in [0.25, 0.3) is 0 Å². The SMILES string of the molecule is C1=CCCC(c2ccc(N(C3=CC=C(C4=CCCC=C4)CC3)c3ccc(CC4C=CC(n5c6c(c7c5CCCC7)C=CCC6)CC4)cc3)cc2)=C1. The van der Waals surface area contributed by atoms with Crippen LogP contribution in [0, 0.1) is 5.92 Å². The zero-order valence-corrected chi connectivity index (χ0v) is 30.2. The van der Waals surface area contributed by atoms with Crippen LogP contribution in [0.3, 0.4) is 0 Å². The molecule has 3 aromatic rings. The zero-order valence-electron chi connectivity index (χ0n) is 30.2. The lowest BCUT2D eigenvalue weighted by molar-refractivity contribution is 0.425. The summed E-state index contributed by atoms with van der Waals surface area (Å²) in [7, 11) is 0. The average molecular weight is 669 g/mol. The minimum atomic E-state index is 0.528. The molecule has 51 heavy (non-hydrogen) atoms. The zero-order chi connectivity index (χ0) is 34.0. The summed E-state index contributed by atoms with van der Waals surface area (Å²) >= 11 is 0. The van der Waals surface area contributed by atoms with E-state index >= 15 is 0 Å². The first kappa shape index (κ1) is 32.4. The summed E-state index contributed by atoms with van der Waals surface area (Å²) in [4.78, 5) is 2.50. The Morgan fingerprint density at radius 2 is 1.45 bits per heavy atom. The fourth-order valence-electron chi connectivity index (χ4n) is 9.57. The largest absolute Gasteiger partial charge is 0.341 e. The molecule has 1 aromatic heterocycles. The molecule has 0 fully saturated rings. The number of hydrogen-bond acceptors (Lipinski definition) is 1. The summed E-state index contributed by atoms with van der Waals surface area (Å²) in [5, 5.41) is 0. The summed E-state index contributed by atoms with van der Waals surface area (Å²) < 4.78 is 2.79. The summed E-state index contributed by atoms with van der Waals surface area (Å²) in [6, 6.07) is 19.3. The van der Waals surface area contributed by atoms with E-state index in [-0.39, 0.29) is 0 Å². The number of aromatic nitrogens is 1. The maximum absolute atomic E-state index is 2.79. The minimum absolute atomic E-state index is 0.528. The standard InChI is InChI=1S/C49H52N2/c1-3-11-38(12-4-1)40-23-31-43(32-24-40)50(44-33-25-41(26-34-44)39-13-5-2-6-14-39)42-27-19-36(20-28-42)35-37-21-29-45(30-22-37)51-48-17-9-7-15-46(48)47-16-8-10-18-49(47)51/h1,3,5,7,11,13-15,19-21,23-25,27-29,31-33,37,45H,2,4,6,8-10,12,16-18,22,26,30,34-35H2. The molecule has 0 amide bonds. The van der Waals surface area contributed by atoms with Crippen molar-refractivity contribution >= 4 is 23.0 Å². The summed E-state index contributed by atoms with van der Waals surface area (Å²) in [6.07, 6.45) is 46.4. The Morgan fingerprint density at radius 1 is 0.627 bits per heavy atom. The van der Waals surface area contributed by atoms with Crippen LogP contribution in [0.2, 0.25) is 0 Å². The molecule has 6 aliphatic carbocycles. The van der Waals surface area contributed by atoms with Crippen LogP contribution in [-0.2, 0) is 25.7 Å². The highest BCUT2D eigenvalue weighted by Crippen LogP contribution is 2.41. The van der Waals surface area contributed by atoms with Crippen LogP contribution < -0.4 is 4.90 Å². The Morgan fingerprint density at radius 3 is 2.20 bits per heavy atom. The highest BCUT2D eigenvalue weighted by molar-refractivity contribution is 5.74. The molecule has 0 radical (unpaired) electrons. The van der Waals surface area contributed by atoms with E-state index in [0.29, 0.717) is 12.0 Å². The van der Waals surface area contributed by atoms with Gasteiger partial charge in [0.1, 0.15) is 0 Å². The molecular formula is C49H52N2. The lowest BCUT2D eigenvalue weighted by Gasteiger charge is -2.31. The van der Waals surface area contributed by atoms with Crippen molar-refractivity contribution in [3.8, 4) is 0 Å². The van der Waals surface area contributed by atoms with E-state index < -0.39 is 0 Å². The molecule has 1 heterocycles. The van der Waals surface area contributed by atoms with E-state index in [2.05, 4.69) is 131 Å². The smallest absolute Gasteiger partial charge is 0.0516 e. The fourth-order valence-corrected chi connectivity index (χ4v) is 9.57. The molecule has 0 aliphatic heterocycles. The third-order valence-corrected chi connectivity index (χ3v) is 12.2. The van der Waals surface area contributed by atoms with E-state index in [9.17, 15) is 0 Å². The summed E-state index contributed by atoms with van der Waals surface area (Å²) in [5.74, 6) is 0.606. The molecule has 0 saturated carbocycles. The highest BCUT2D eigenvalue weighted by Gasteiger charge is 2.29. The van der Waals surface area contributed by atoms with Gasteiger partial charge in [0.2, 0.25) is 0 Å². The number of nitrogens with zero attached hydrogens (tertiary/aromatic N) is 2. The van der Waals surface area contributed by atoms with Crippen molar-refractivity contribution in [3.63, 3.8) is 0 Å². The van der Waals surface area contributed by atoms with Gasteiger partial charge in [-0.05, 0) is 172 Å². The molecule has 2 atom stereocenters. The number of benzene rings is 2. The van der Waals surface area contributed by atoms with Gasteiger partial charge in [0.15, 0.2) is 0 Å². The van der Waals surface area contributed by atoms with E-state index in [4.69, 9.17) is 0 Å². The molecule has 0 N–H and O–H groups in total. The van der Waals surface area contributed by atoms with Crippen molar-refractivity contribution in [3.05, 3.63) is 166 Å². The third kappa shape index (κ3) is 6.66. The second-order valence-electron chi connectivity index (χ2n) is 15.5. The van der Waals surface area contributed by atoms with Crippen LogP contribution in [0.1, 0.15) is 110 Å². The first-order chi connectivity index (χ1) is 25.3. The molecule has 2 unspecified atom stereocenters. The molecular weight excluding hydrogens is 617 g/mol. The molecule has 0 spiro atoms. The first-order valence-electron chi connectivity index (χ1n) is 20.0. The van der Waals surface area contributed by atoms with Gasteiger partial charge >= 0.3 is 0 Å². The van der Waals surface area contributed by atoms with Crippen molar-refractivity contribution in [2.45, 2.75) is 102 Å². The van der Waals surface area contributed by atoms with Crippen LogP contribution in [0.15, 0.2) is 132 Å². The van der Waals surface area contributed by atoms with Crippen molar-refractivity contribution in [2.75, 3.05) is 4.90 Å². The minimum Gasteiger partial charge on any atom is -0.341 e. The second kappa shape index (κ2) is 14.6. The van der Waals surface area contributed by atoms with E-state index in [0.717, 1.165) is 44.9 Å². The average Bonchev–Trinajstić information content (AvgIpc) is 3.55. The van der Waals surface area contributed by atoms with Gasteiger partial charge in [-0.1, -0.05) is 91.1 Å².